The summed E-state index contributed by atoms with van der Waals surface area (Å²) in [6.45, 7) is 0. The van der Waals surface area contributed by atoms with E-state index in [4.69, 9.17) is 50.4 Å². The summed E-state index contributed by atoms with van der Waals surface area (Å²) in [4.78, 5) is 8.36. The third-order valence-corrected chi connectivity index (χ3v) is 0. The van der Waals surface area contributed by atoms with Crippen LogP contribution in [-0.2, 0) is 54.4 Å². The van der Waals surface area contributed by atoms with E-state index in [-0.39, 0.29) is 88.9 Å². The Kier molecular flexibility index (Phi) is 276. The third kappa shape index (κ3) is 66400. The number of rotatable bonds is 0. The van der Waals surface area contributed by atoms with E-state index in [1.54, 1.807) is 0 Å². The molecule has 0 fully saturated rings. The molecule has 0 bridgehead atoms. The number of nitrogens with two attached hydrogens (primary N) is 9. The predicted octanol–water partition coefficient (Wildman–Crippen LogP) is 4.11. The molecule has 0 aliphatic rings. The predicted molar refractivity (Wildman–Crippen MR) is 81.0 cm³/mol. The topological polar surface area (TPSA) is 520 Å². The Morgan fingerprint density at radius 1 is 0.640 bits per heavy atom. The minimum atomic E-state index is -5.17. The molecule has 0 saturated carbocycles. The van der Waals surface area contributed by atoms with Crippen LogP contribution in [0, 0.1) is 10.1 Å². The van der Waals surface area contributed by atoms with Crippen molar-refractivity contribution in [2.45, 2.75) is 0 Å². The fraction of sp³-hybridized carbons (Fsp3) is 0. The van der Waals surface area contributed by atoms with Crippen molar-refractivity contribution in [3.8, 4) is 0 Å². The Bertz CT molecular complexity index is 307. The molecule has 0 rings (SSSR count). The quantitative estimate of drug-likeness (QED) is 0.177. The Hall–Kier alpha value is -0.407. The molecular formula is H21Co2N10O11S2-5. The van der Waals surface area contributed by atoms with Gasteiger partial charge in [0.05, 0.1) is 0 Å². The first-order valence-electron chi connectivity index (χ1n) is 1.93. The maximum Gasteiger partial charge on any atom is 3.00 e. The van der Waals surface area contributed by atoms with Gasteiger partial charge in [-0.2, -0.15) is 8.42 Å². The average Bonchev–Trinajstić information content (AvgIpc) is 1.45. The molecule has 0 aromatic rings. The van der Waals surface area contributed by atoms with Gasteiger partial charge in [0.1, 0.15) is 0 Å². The van der Waals surface area contributed by atoms with E-state index in [0.717, 1.165) is 0 Å². The zero-order valence-electron chi connectivity index (χ0n) is 11.7. The number of hydrogen-bond acceptors (Lipinski definition) is 8. The van der Waals surface area contributed by atoms with Crippen molar-refractivity contribution in [3.05, 3.63) is 65.5 Å². The Morgan fingerprint density at radius 2 is 0.640 bits per heavy atom. The summed E-state index contributed by atoms with van der Waals surface area (Å²) in [5, 5.41) is 13.6. The second-order valence-electron chi connectivity index (χ2n) is 1.09. The normalized spacial score (nSPS) is 5.60. The van der Waals surface area contributed by atoms with Gasteiger partial charge in [-0.05, 0) is 0 Å². The summed E-state index contributed by atoms with van der Waals surface area (Å²) < 4.78 is 65.7. The summed E-state index contributed by atoms with van der Waals surface area (Å²) in [5.41, 5.74) is 0. The van der Waals surface area contributed by atoms with Gasteiger partial charge >= 0.3 is 44.0 Å². The van der Waals surface area contributed by atoms with Crippen molar-refractivity contribution < 1.29 is 78.9 Å². The van der Waals surface area contributed by atoms with Crippen LogP contribution in [0.4, 0.5) is 0 Å². The molecule has 25 heavy (non-hydrogen) atoms. The Morgan fingerprint density at radius 3 is 0.640 bits per heavy atom. The molecule has 0 aliphatic carbocycles. The molecule has 0 radical (unpaired) electrons. The molecule has 0 saturated heterocycles. The minimum absolute atomic E-state index is 0. The number of hydrogen-bond donors (Lipinski definition) is 3. The number of nitrogens with zero attached hydrogens (tertiary/aromatic N) is 1. The maximum absolute atomic E-state index is 8.74. The van der Waals surface area contributed by atoms with Crippen LogP contribution in [0.15, 0.2) is 0 Å². The SMILES string of the molecule is O=S(=O)(O)O.O=S(=O)([O-])[O-].O=[N+]([O-])O.[Co+3].[Co+3].[NH2-].[NH2-].[NH2-].[NH2-].[NH2-].[NH2-].[NH2-].[NH2-].[NH2-]. The van der Waals surface area contributed by atoms with E-state index in [0.29, 0.717) is 0 Å². The van der Waals surface area contributed by atoms with Crippen LogP contribution in [-0.4, -0.2) is 45.3 Å². The zero-order valence-corrected chi connectivity index (χ0v) is 15.4. The Labute approximate surface area is 165 Å². The average molecular weight is 519 g/mol. The van der Waals surface area contributed by atoms with E-state index in [1.165, 1.54) is 0 Å². The fourth-order valence-corrected chi connectivity index (χ4v) is 0. The molecule has 21 N–H and O–H groups in total. The van der Waals surface area contributed by atoms with E-state index in [2.05, 4.69) is 0 Å². The van der Waals surface area contributed by atoms with Crippen molar-refractivity contribution in [3.63, 3.8) is 0 Å². The molecule has 0 aromatic carbocycles. The van der Waals surface area contributed by atoms with Crippen molar-refractivity contribution in [2.24, 2.45) is 0 Å². The van der Waals surface area contributed by atoms with Gasteiger partial charge in [0.2, 0.25) is 0 Å². The summed E-state index contributed by atoms with van der Waals surface area (Å²) in [5.74, 6) is 0. The first kappa shape index (κ1) is 122. The van der Waals surface area contributed by atoms with Gasteiger partial charge in [-0.25, -0.2) is 0 Å². The summed E-state index contributed by atoms with van der Waals surface area (Å²) >= 11 is 0. The van der Waals surface area contributed by atoms with Gasteiger partial charge in [-0.1, -0.05) is 0 Å². The fourth-order valence-electron chi connectivity index (χ4n) is 0. The molecule has 0 unspecified atom stereocenters. The molecule has 172 valence electrons. The first-order valence-corrected chi connectivity index (χ1v) is 4.66. The summed E-state index contributed by atoms with van der Waals surface area (Å²) in [7, 11) is -9.83. The van der Waals surface area contributed by atoms with Gasteiger partial charge in [-0.15, -0.1) is 10.1 Å². The monoisotopic (exact) mass is 519 g/mol. The van der Waals surface area contributed by atoms with Gasteiger partial charge in [0.25, 0.3) is 5.09 Å². The molecule has 0 aromatic heterocycles. The van der Waals surface area contributed by atoms with Crippen molar-refractivity contribution >= 4 is 20.8 Å². The molecule has 25 heteroatoms. The van der Waals surface area contributed by atoms with Crippen molar-refractivity contribution in [1.29, 1.82) is 0 Å². The van der Waals surface area contributed by atoms with E-state index >= 15 is 0 Å². The van der Waals surface area contributed by atoms with Crippen LogP contribution in [0.25, 0.3) is 55.4 Å². The standard InChI is InChI=1S/2Co.HNO3.9H2N.2H2O4S/c;;2-1(3)4;;;;;;;;;;2*1-5(2,3)4/h;;(H,2,3,4);9*1H2;2*(H2,1,2,3,4)/q2*+3;;9*-1;;/p-2. The van der Waals surface area contributed by atoms with Crippen molar-refractivity contribution in [1.82, 2.24) is 0 Å². The van der Waals surface area contributed by atoms with Gasteiger partial charge in [0.15, 0.2) is 0 Å². The maximum atomic E-state index is 8.74. The van der Waals surface area contributed by atoms with Crippen molar-refractivity contribution in [2.75, 3.05) is 0 Å². The van der Waals surface area contributed by atoms with Gasteiger partial charge in [0, 0.05) is 10.4 Å². The van der Waals surface area contributed by atoms with Crippen LogP contribution in [0.5, 0.6) is 0 Å². The smallest absolute Gasteiger partial charge is 0.759 e. The molecule has 21 nitrogen and oxygen atoms in total. The molecule has 0 atom stereocenters. The summed E-state index contributed by atoms with van der Waals surface area (Å²) in [6.07, 6.45) is 0. The molecular weight excluding hydrogens is 498 g/mol. The zero-order chi connectivity index (χ0) is 12.6. The van der Waals surface area contributed by atoms with E-state index in [1.807, 2.05) is 0 Å². The van der Waals surface area contributed by atoms with Crippen LogP contribution < -0.4 is 0 Å². The van der Waals surface area contributed by atoms with Gasteiger partial charge < -0.3 is 69.7 Å². The molecule has 0 aliphatic heterocycles. The van der Waals surface area contributed by atoms with Crippen LogP contribution in [0.1, 0.15) is 0 Å². The Balaban J connectivity index is -0.00000000498. The van der Waals surface area contributed by atoms with Gasteiger partial charge in [-0.3, -0.25) is 17.5 Å². The molecule has 0 amide bonds. The summed E-state index contributed by atoms with van der Waals surface area (Å²) in [6, 6.07) is 0. The van der Waals surface area contributed by atoms with Crippen LogP contribution in [0.2, 0.25) is 0 Å². The van der Waals surface area contributed by atoms with Crippen LogP contribution >= 0.6 is 0 Å². The third-order valence-electron chi connectivity index (χ3n) is 0. The molecule has 0 spiro atoms. The minimum Gasteiger partial charge on any atom is -0.759 e. The second kappa shape index (κ2) is 56.6. The van der Waals surface area contributed by atoms with Crippen LogP contribution in [0.3, 0.4) is 0 Å². The first-order chi connectivity index (χ1) is 5.73. The second-order valence-corrected chi connectivity index (χ2v) is 2.81. The largest absolute Gasteiger partial charge is 3.00 e. The van der Waals surface area contributed by atoms with E-state index in [9.17, 15) is 0 Å². The molecule has 0 heterocycles. The van der Waals surface area contributed by atoms with E-state index < -0.39 is 25.9 Å².